The monoisotopic (exact) mass is 379 g/mol. The topological polar surface area (TPSA) is 53.5 Å². The maximum absolute atomic E-state index is 11.7. The van der Waals surface area contributed by atoms with Gasteiger partial charge < -0.3 is 5.32 Å². The van der Waals surface area contributed by atoms with Crippen molar-refractivity contribution in [3.8, 4) is 0 Å². The molecule has 0 heterocycles. The van der Waals surface area contributed by atoms with Crippen LogP contribution < -0.4 is 10.7 Å². The number of hydrogen-bond acceptors (Lipinski definition) is 3. The standard InChI is InChI=1S/C16H15BrClN3O/c1-11-2-3-12(8-15(11)17)9-20-21-16(22)10-19-14-6-4-13(18)5-7-14/h2-9,19H,10H2,1H3,(H,21,22)/b20-9-. The first-order chi connectivity index (χ1) is 10.5. The molecule has 0 unspecified atom stereocenters. The molecule has 2 N–H and O–H groups in total. The van der Waals surface area contributed by atoms with Gasteiger partial charge in [0.05, 0.1) is 12.8 Å². The van der Waals surface area contributed by atoms with E-state index in [0.29, 0.717) is 5.02 Å². The number of amides is 1. The van der Waals surface area contributed by atoms with Crippen LogP contribution in [0, 0.1) is 6.92 Å². The third-order valence-corrected chi connectivity index (χ3v) is 4.00. The van der Waals surface area contributed by atoms with Gasteiger partial charge in [-0.15, -0.1) is 0 Å². The lowest BCUT2D eigenvalue weighted by Crippen LogP contribution is -2.25. The van der Waals surface area contributed by atoms with Gasteiger partial charge in [0, 0.05) is 15.2 Å². The smallest absolute Gasteiger partial charge is 0.259 e. The summed E-state index contributed by atoms with van der Waals surface area (Å²) in [7, 11) is 0. The molecule has 0 aromatic heterocycles. The van der Waals surface area contributed by atoms with Gasteiger partial charge in [0.1, 0.15) is 0 Å². The summed E-state index contributed by atoms with van der Waals surface area (Å²) in [4.78, 5) is 11.7. The predicted molar refractivity (Wildman–Crippen MR) is 94.6 cm³/mol. The number of nitrogens with one attached hydrogen (secondary N) is 2. The molecule has 0 bridgehead atoms. The van der Waals surface area contributed by atoms with Gasteiger partial charge in [-0.1, -0.05) is 39.7 Å². The van der Waals surface area contributed by atoms with Crippen molar-refractivity contribution >= 4 is 45.3 Å². The molecule has 0 saturated heterocycles. The van der Waals surface area contributed by atoms with Gasteiger partial charge >= 0.3 is 0 Å². The number of nitrogens with zero attached hydrogens (tertiary/aromatic N) is 1. The van der Waals surface area contributed by atoms with Crippen LogP contribution in [0.2, 0.25) is 5.02 Å². The molecule has 4 nitrogen and oxygen atoms in total. The van der Waals surface area contributed by atoms with Crippen molar-refractivity contribution in [3.05, 3.63) is 63.1 Å². The molecule has 2 aromatic carbocycles. The predicted octanol–water partition coefficient (Wildman–Crippen LogP) is 3.97. The van der Waals surface area contributed by atoms with E-state index in [1.165, 1.54) is 0 Å². The molecule has 0 aliphatic heterocycles. The summed E-state index contributed by atoms with van der Waals surface area (Å²) >= 11 is 9.25. The van der Waals surface area contributed by atoms with Gasteiger partial charge in [-0.3, -0.25) is 4.79 Å². The molecule has 2 aromatic rings. The number of aryl methyl sites for hydroxylation is 1. The van der Waals surface area contributed by atoms with E-state index in [1.807, 2.05) is 37.3 Å². The molecule has 0 radical (unpaired) electrons. The number of carbonyl (C=O) groups excluding carboxylic acids is 1. The van der Waals surface area contributed by atoms with E-state index in [4.69, 9.17) is 11.6 Å². The molecule has 0 aliphatic rings. The molecule has 0 aliphatic carbocycles. The minimum atomic E-state index is -0.225. The Morgan fingerprint density at radius 2 is 2.00 bits per heavy atom. The Balaban J connectivity index is 1.80. The molecule has 2 rings (SSSR count). The van der Waals surface area contributed by atoms with Crippen molar-refractivity contribution in [1.82, 2.24) is 5.43 Å². The minimum Gasteiger partial charge on any atom is -0.376 e. The lowest BCUT2D eigenvalue weighted by Gasteiger charge is -2.05. The van der Waals surface area contributed by atoms with E-state index in [2.05, 4.69) is 31.8 Å². The van der Waals surface area contributed by atoms with Crippen molar-refractivity contribution in [3.63, 3.8) is 0 Å². The second-order valence-electron chi connectivity index (χ2n) is 4.66. The van der Waals surface area contributed by atoms with Crippen LogP contribution in [-0.4, -0.2) is 18.7 Å². The Bertz CT molecular complexity index is 686. The Morgan fingerprint density at radius 1 is 1.27 bits per heavy atom. The highest BCUT2D eigenvalue weighted by Gasteiger charge is 2.00. The molecule has 6 heteroatoms. The van der Waals surface area contributed by atoms with E-state index in [-0.39, 0.29) is 12.5 Å². The third-order valence-electron chi connectivity index (χ3n) is 2.90. The largest absolute Gasteiger partial charge is 0.376 e. The Labute approximate surface area is 142 Å². The third kappa shape index (κ3) is 5.16. The van der Waals surface area contributed by atoms with Crippen LogP contribution in [0.15, 0.2) is 52.0 Å². The summed E-state index contributed by atoms with van der Waals surface area (Å²) in [5.74, 6) is -0.225. The highest BCUT2D eigenvalue weighted by molar-refractivity contribution is 9.10. The van der Waals surface area contributed by atoms with E-state index >= 15 is 0 Å². The number of hydrogen-bond donors (Lipinski definition) is 2. The summed E-state index contributed by atoms with van der Waals surface area (Å²) in [5, 5.41) is 7.57. The first-order valence-corrected chi connectivity index (χ1v) is 7.79. The molecular weight excluding hydrogens is 366 g/mol. The van der Waals surface area contributed by atoms with Gasteiger partial charge in [0.2, 0.25) is 0 Å². The minimum absolute atomic E-state index is 0.135. The van der Waals surface area contributed by atoms with Gasteiger partial charge in [-0.2, -0.15) is 5.10 Å². The lowest BCUT2D eigenvalue weighted by atomic mass is 10.2. The van der Waals surface area contributed by atoms with Crippen molar-refractivity contribution in [2.24, 2.45) is 5.10 Å². The first-order valence-electron chi connectivity index (χ1n) is 6.62. The van der Waals surface area contributed by atoms with Gasteiger partial charge in [-0.05, 0) is 48.4 Å². The van der Waals surface area contributed by atoms with Gasteiger partial charge in [0.25, 0.3) is 5.91 Å². The lowest BCUT2D eigenvalue weighted by molar-refractivity contribution is -0.119. The SMILES string of the molecule is Cc1ccc(/C=N\NC(=O)CNc2ccc(Cl)cc2)cc1Br. The zero-order chi connectivity index (χ0) is 15.9. The fourth-order valence-electron chi connectivity index (χ4n) is 1.66. The second kappa shape index (κ2) is 7.96. The van der Waals surface area contributed by atoms with E-state index in [0.717, 1.165) is 21.3 Å². The molecule has 0 saturated carbocycles. The molecule has 0 atom stereocenters. The highest BCUT2D eigenvalue weighted by atomic mass is 79.9. The number of rotatable bonds is 5. The summed E-state index contributed by atoms with van der Waals surface area (Å²) < 4.78 is 1.01. The zero-order valence-corrected chi connectivity index (χ0v) is 14.3. The number of benzene rings is 2. The Kier molecular flexibility index (Phi) is 5.98. The number of halogens is 2. The van der Waals surface area contributed by atoms with Crippen LogP contribution in [0.25, 0.3) is 0 Å². The Morgan fingerprint density at radius 3 is 2.68 bits per heavy atom. The molecule has 0 spiro atoms. The van der Waals surface area contributed by atoms with Crippen LogP contribution in [0.5, 0.6) is 0 Å². The van der Waals surface area contributed by atoms with Gasteiger partial charge in [0.15, 0.2) is 0 Å². The van der Waals surface area contributed by atoms with E-state index in [9.17, 15) is 4.79 Å². The average molecular weight is 381 g/mol. The van der Waals surface area contributed by atoms with Crippen molar-refractivity contribution in [2.45, 2.75) is 6.92 Å². The molecule has 22 heavy (non-hydrogen) atoms. The van der Waals surface area contributed by atoms with Crippen LogP contribution in [0.1, 0.15) is 11.1 Å². The molecule has 1 amide bonds. The Hall–Kier alpha value is -1.85. The van der Waals surface area contributed by atoms with Crippen molar-refractivity contribution < 1.29 is 4.79 Å². The normalized spacial score (nSPS) is 10.7. The van der Waals surface area contributed by atoms with Crippen LogP contribution >= 0.6 is 27.5 Å². The molecular formula is C16H15BrClN3O. The second-order valence-corrected chi connectivity index (χ2v) is 5.95. The summed E-state index contributed by atoms with van der Waals surface area (Å²) in [5.41, 5.74) is 5.35. The summed E-state index contributed by atoms with van der Waals surface area (Å²) in [6.45, 7) is 2.14. The fourth-order valence-corrected chi connectivity index (χ4v) is 2.18. The van der Waals surface area contributed by atoms with Crippen molar-refractivity contribution in [2.75, 3.05) is 11.9 Å². The van der Waals surface area contributed by atoms with Crippen LogP contribution in [0.4, 0.5) is 5.69 Å². The molecule has 0 fully saturated rings. The van der Waals surface area contributed by atoms with Crippen LogP contribution in [0.3, 0.4) is 0 Å². The summed E-state index contributed by atoms with van der Waals surface area (Å²) in [6, 6.07) is 13.0. The average Bonchev–Trinajstić information content (AvgIpc) is 2.50. The van der Waals surface area contributed by atoms with Gasteiger partial charge in [-0.25, -0.2) is 5.43 Å². The van der Waals surface area contributed by atoms with Crippen molar-refractivity contribution in [1.29, 1.82) is 0 Å². The maximum Gasteiger partial charge on any atom is 0.259 e. The first kappa shape index (κ1) is 16.5. The quantitative estimate of drug-likeness (QED) is 0.609. The highest BCUT2D eigenvalue weighted by Crippen LogP contribution is 2.16. The molecule has 114 valence electrons. The number of hydrazone groups is 1. The summed E-state index contributed by atoms with van der Waals surface area (Å²) in [6.07, 6.45) is 1.60. The maximum atomic E-state index is 11.7. The van der Waals surface area contributed by atoms with E-state index in [1.54, 1.807) is 18.3 Å². The zero-order valence-electron chi connectivity index (χ0n) is 11.9. The number of carbonyl (C=O) groups is 1. The van der Waals surface area contributed by atoms with E-state index < -0.39 is 0 Å². The van der Waals surface area contributed by atoms with Crippen LogP contribution in [-0.2, 0) is 4.79 Å². The number of anilines is 1. The fraction of sp³-hybridized carbons (Fsp3) is 0.125.